The van der Waals surface area contributed by atoms with Crippen molar-refractivity contribution in [1.29, 1.82) is 0 Å². The van der Waals surface area contributed by atoms with Gasteiger partial charge in [0.25, 0.3) is 0 Å². The monoisotopic (exact) mass is 372 g/mol. The molecule has 2 aromatic carbocycles. The van der Waals surface area contributed by atoms with E-state index in [1.807, 2.05) is 30.3 Å². The maximum Gasteiger partial charge on any atom is 0.494 e. The van der Waals surface area contributed by atoms with Crippen molar-refractivity contribution in [1.82, 2.24) is 0 Å². The van der Waals surface area contributed by atoms with Crippen molar-refractivity contribution < 1.29 is 13.7 Å². The van der Waals surface area contributed by atoms with Crippen molar-refractivity contribution in [2.24, 2.45) is 0 Å². The van der Waals surface area contributed by atoms with E-state index in [9.17, 15) is 0 Å². The molecular weight excluding hydrogens is 355 g/mol. The van der Waals surface area contributed by atoms with Crippen LogP contribution in [0.25, 0.3) is 21.9 Å². The molecule has 0 radical (unpaired) electrons. The molecule has 2 heterocycles. The molecule has 3 aromatic rings. The van der Waals surface area contributed by atoms with E-state index in [1.165, 1.54) is 0 Å². The summed E-state index contributed by atoms with van der Waals surface area (Å²) in [7, 11) is -0.364. The maximum absolute atomic E-state index is 6.15. The Hall–Kier alpha value is -1.30. The van der Waals surface area contributed by atoms with Gasteiger partial charge in [0.2, 0.25) is 0 Å². The van der Waals surface area contributed by atoms with Gasteiger partial charge in [-0.3, -0.25) is 0 Å². The Morgan fingerprint density at radius 1 is 0.913 bits per heavy atom. The van der Waals surface area contributed by atoms with Gasteiger partial charge >= 0.3 is 7.12 Å². The van der Waals surface area contributed by atoms with Crippen molar-refractivity contribution in [2.75, 3.05) is 0 Å². The third-order valence-corrected chi connectivity index (χ3v) is 5.65. The second kappa shape index (κ2) is 4.85. The zero-order valence-electron chi connectivity index (χ0n) is 13.6. The summed E-state index contributed by atoms with van der Waals surface area (Å²) in [6, 6.07) is 12.1. The highest BCUT2D eigenvalue weighted by atomic mass is 79.9. The SMILES string of the molecule is CC1(C)OB(c2ccc3oc4cccc(Br)c4c3c2)OC1(C)C. The van der Waals surface area contributed by atoms with Crippen LogP contribution < -0.4 is 5.46 Å². The van der Waals surface area contributed by atoms with Crippen molar-refractivity contribution in [3.8, 4) is 0 Å². The number of rotatable bonds is 1. The van der Waals surface area contributed by atoms with Gasteiger partial charge < -0.3 is 13.7 Å². The van der Waals surface area contributed by atoms with Gasteiger partial charge in [0, 0.05) is 15.2 Å². The highest BCUT2D eigenvalue weighted by Crippen LogP contribution is 2.37. The number of hydrogen-bond donors (Lipinski definition) is 0. The first kappa shape index (κ1) is 15.2. The topological polar surface area (TPSA) is 31.6 Å². The summed E-state index contributed by atoms with van der Waals surface area (Å²) in [5.74, 6) is 0. The number of furan rings is 1. The molecule has 3 nitrogen and oxygen atoms in total. The van der Waals surface area contributed by atoms with Gasteiger partial charge in [-0.25, -0.2) is 0 Å². The molecule has 5 heteroatoms. The van der Waals surface area contributed by atoms with Crippen molar-refractivity contribution >= 4 is 50.4 Å². The lowest BCUT2D eigenvalue weighted by molar-refractivity contribution is 0.00578. The third-order valence-electron chi connectivity index (χ3n) is 4.99. The summed E-state index contributed by atoms with van der Waals surface area (Å²) >= 11 is 3.62. The van der Waals surface area contributed by atoms with E-state index >= 15 is 0 Å². The summed E-state index contributed by atoms with van der Waals surface area (Å²) in [5, 5.41) is 2.15. The highest BCUT2D eigenvalue weighted by molar-refractivity contribution is 9.10. The van der Waals surface area contributed by atoms with E-state index in [0.717, 1.165) is 31.9 Å². The van der Waals surface area contributed by atoms with Gasteiger partial charge in [0.1, 0.15) is 11.2 Å². The predicted octanol–water partition coefficient (Wildman–Crippen LogP) is 4.65. The second-order valence-corrected chi connectivity index (χ2v) is 7.91. The number of halogens is 1. The average molecular weight is 373 g/mol. The van der Waals surface area contributed by atoms with Crippen LogP contribution in [0.2, 0.25) is 0 Å². The van der Waals surface area contributed by atoms with E-state index in [4.69, 9.17) is 13.7 Å². The lowest BCUT2D eigenvalue weighted by Crippen LogP contribution is -2.41. The van der Waals surface area contributed by atoms with Gasteiger partial charge in [-0.2, -0.15) is 0 Å². The molecule has 0 unspecified atom stereocenters. The van der Waals surface area contributed by atoms with Crippen molar-refractivity contribution in [3.05, 3.63) is 40.9 Å². The molecule has 1 saturated heterocycles. The molecule has 1 fully saturated rings. The number of hydrogen-bond acceptors (Lipinski definition) is 3. The fraction of sp³-hybridized carbons (Fsp3) is 0.333. The largest absolute Gasteiger partial charge is 0.494 e. The molecule has 0 atom stereocenters. The normalized spacial score (nSPS) is 19.8. The standard InChI is InChI=1S/C18H18BBrO3/c1-17(2)18(3,4)23-19(22-17)11-8-9-14-12(10-11)16-13(20)6-5-7-15(16)21-14/h5-10H,1-4H3. The van der Waals surface area contributed by atoms with Gasteiger partial charge in [-0.1, -0.05) is 34.1 Å². The van der Waals surface area contributed by atoms with Crippen molar-refractivity contribution in [2.45, 2.75) is 38.9 Å². The highest BCUT2D eigenvalue weighted by Gasteiger charge is 2.51. The zero-order chi connectivity index (χ0) is 16.4. The molecule has 0 saturated carbocycles. The molecule has 1 aromatic heterocycles. The first-order chi connectivity index (χ1) is 10.8. The van der Waals surface area contributed by atoms with Crippen LogP contribution in [0, 0.1) is 0 Å². The Labute approximate surface area is 144 Å². The smallest absolute Gasteiger partial charge is 0.456 e. The summed E-state index contributed by atoms with van der Waals surface area (Å²) < 4.78 is 19.3. The Morgan fingerprint density at radius 3 is 2.30 bits per heavy atom. The Kier molecular flexibility index (Phi) is 3.22. The molecule has 0 aliphatic carbocycles. The molecule has 1 aliphatic rings. The van der Waals surface area contributed by atoms with Crippen molar-refractivity contribution in [3.63, 3.8) is 0 Å². The van der Waals surface area contributed by atoms with Crippen LogP contribution in [-0.2, 0) is 9.31 Å². The lowest BCUT2D eigenvalue weighted by atomic mass is 9.78. The molecule has 118 valence electrons. The van der Waals surface area contributed by atoms with Crippen LogP contribution in [0.15, 0.2) is 45.3 Å². The number of fused-ring (bicyclic) bond motifs is 3. The molecule has 4 rings (SSSR count). The predicted molar refractivity (Wildman–Crippen MR) is 97.1 cm³/mol. The van der Waals surface area contributed by atoms with Gasteiger partial charge in [-0.05, 0) is 51.4 Å². The third kappa shape index (κ3) is 2.25. The van der Waals surface area contributed by atoms with Crippen LogP contribution in [0.4, 0.5) is 0 Å². The Balaban J connectivity index is 1.85. The summed E-state index contributed by atoms with van der Waals surface area (Å²) in [6.45, 7) is 8.26. The molecule has 0 bridgehead atoms. The first-order valence-electron chi connectivity index (χ1n) is 7.75. The fourth-order valence-electron chi connectivity index (χ4n) is 2.93. The molecule has 0 spiro atoms. The van der Waals surface area contributed by atoms with Gasteiger partial charge in [0.05, 0.1) is 11.2 Å². The first-order valence-corrected chi connectivity index (χ1v) is 8.54. The van der Waals surface area contributed by atoms with E-state index < -0.39 is 0 Å². The van der Waals surface area contributed by atoms with E-state index in [0.29, 0.717) is 0 Å². The lowest BCUT2D eigenvalue weighted by Gasteiger charge is -2.32. The fourth-order valence-corrected chi connectivity index (χ4v) is 3.49. The van der Waals surface area contributed by atoms with Gasteiger partial charge in [-0.15, -0.1) is 0 Å². The summed E-state index contributed by atoms with van der Waals surface area (Å²) in [4.78, 5) is 0. The molecule has 1 aliphatic heterocycles. The minimum atomic E-state index is -0.364. The van der Waals surface area contributed by atoms with Gasteiger partial charge in [0.15, 0.2) is 0 Å². The summed E-state index contributed by atoms with van der Waals surface area (Å²) in [5.41, 5.74) is 2.07. The summed E-state index contributed by atoms with van der Waals surface area (Å²) in [6.07, 6.45) is 0. The number of benzene rings is 2. The molecular formula is C18H18BBrO3. The average Bonchev–Trinajstić information content (AvgIpc) is 2.93. The maximum atomic E-state index is 6.15. The van der Waals surface area contributed by atoms with E-state index in [2.05, 4.69) is 49.7 Å². The van der Waals surface area contributed by atoms with Crippen LogP contribution in [-0.4, -0.2) is 18.3 Å². The Bertz CT molecular complexity index is 897. The minimum Gasteiger partial charge on any atom is -0.456 e. The van der Waals surface area contributed by atoms with E-state index in [-0.39, 0.29) is 18.3 Å². The molecule has 0 N–H and O–H groups in total. The Morgan fingerprint density at radius 2 is 1.61 bits per heavy atom. The van der Waals surface area contributed by atoms with Crippen LogP contribution in [0.1, 0.15) is 27.7 Å². The minimum absolute atomic E-state index is 0.342. The zero-order valence-corrected chi connectivity index (χ0v) is 15.2. The van der Waals surface area contributed by atoms with E-state index in [1.54, 1.807) is 0 Å². The van der Waals surface area contributed by atoms with Crippen LogP contribution in [0.3, 0.4) is 0 Å². The quantitative estimate of drug-likeness (QED) is 0.583. The molecule has 0 amide bonds. The molecule has 23 heavy (non-hydrogen) atoms. The second-order valence-electron chi connectivity index (χ2n) is 7.06. The van der Waals surface area contributed by atoms with Crippen LogP contribution >= 0.6 is 15.9 Å². The van der Waals surface area contributed by atoms with Crippen LogP contribution in [0.5, 0.6) is 0 Å².